The number of carbonyl (C=O) groups excluding carboxylic acids is 1. The maximum absolute atomic E-state index is 13.7. The molecule has 0 bridgehead atoms. The van der Waals surface area contributed by atoms with Crippen LogP contribution in [0.2, 0.25) is 0 Å². The van der Waals surface area contributed by atoms with Gasteiger partial charge in [-0.1, -0.05) is 12.1 Å². The molecule has 0 saturated heterocycles. The number of alkyl halides is 5. The van der Waals surface area contributed by atoms with Crippen LogP contribution in [0.3, 0.4) is 0 Å². The summed E-state index contributed by atoms with van der Waals surface area (Å²) in [7, 11) is 1.41. The van der Waals surface area contributed by atoms with Gasteiger partial charge in [-0.3, -0.25) is 4.79 Å². The zero-order valence-corrected chi connectivity index (χ0v) is 16.4. The van der Waals surface area contributed by atoms with Crippen molar-refractivity contribution in [3.8, 4) is 17.1 Å². The second-order valence-corrected chi connectivity index (χ2v) is 6.97. The van der Waals surface area contributed by atoms with E-state index in [0.717, 1.165) is 12.3 Å². The van der Waals surface area contributed by atoms with Crippen molar-refractivity contribution in [1.29, 1.82) is 0 Å². The molecule has 12 heteroatoms. The summed E-state index contributed by atoms with van der Waals surface area (Å²) in [6, 6.07) is 7.29. The summed E-state index contributed by atoms with van der Waals surface area (Å²) >= 11 is 0.199. The fraction of sp³-hybridized carbons (Fsp3) is 0.278. The van der Waals surface area contributed by atoms with E-state index in [4.69, 9.17) is 9.15 Å². The molecule has 2 aromatic heterocycles. The Hall–Kier alpha value is -3.02. The molecule has 6 nitrogen and oxygen atoms in total. The van der Waals surface area contributed by atoms with E-state index in [1.165, 1.54) is 19.2 Å². The lowest BCUT2D eigenvalue weighted by Crippen LogP contribution is -2.43. The van der Waals surface area contributed by atoms with Gasteiger partial charge in [0, 0.05) is 17.1 Å². The van der Waals surface area contributed by atoms with Gasteiger partial charge in [0.25, 0.3) is 11.8 Å². The summed E-state index contributed by atoms with van der Waals surface area (Å²) in [5.74, 6) is -4.90. The molecule has 2 heterocycles. The first-order valence-corrected chi connectivity index (χ1v) is 9.10. The quantitative estimate of drug-likeness (QED) is 0.385. The fourth-order valence-corrected chi connectivity index (χ4v) is 3.29. The monoisotopic (exact) mass is 447 g/mol. The van der Waals surface area contributed by atoms with Crippen LogP contribution in [0.15, 0.2) is 41.0 Å². The Kier molecular flexibility index (Phi) is 5.79. The van der Waals surface area contributed by atoms with Crippen molar-refractivity contribution in [1.82, 2.24) is 9.36 Å². The highest BCUT2D eigenvalue weighted by atomic mass is 32.1. The number of aromatic nitrogens is 2. The minimum absolute atomic E-state index is 0.113. The molecule has 0 N–H and O–H groups in total. The van der Waals surface area contributed by atoms with Crippen LogP contribution in [-0.4, -0.2) is 34.6 Å². The average molecular weight is 447 g/mol. The number of ether oxygens (including phenoxy) is 1. The number of amides is 1. The van der Waals surface area contributed by atoms with E-state index >= 15 is 0 Å². The SMILES string of the molecule is COc1cccc(-c2occc2C(=O)N(c2nc(CC(C)(F)F)ns2)C(F)(F)F)c1. The van der Waals surface area contributed by atoms with Crippen molar-refractivity contribution < 1.29 is 35.9 Å². The lowest BCUT2D eigenvalue weighted by atomic mass is 10.1. The predicted molar refractivity (Wildman–Crippen MR) is 97.8 cm³/mol. The van der Waals surface area contributed by atoms with Crippen molar-refractivity contribution in [2.45, 2.75) is 25.6 Å². The Balaban J connectivity index is 2.00. The van der Waals surface area contributed by atoms with Crippen LogP contribution in [0.25, 0.3) is 11.3 Å². The normalized spacial score (nSPS) is 12.1. The van der Waals surface area contributed by atoms with Crippen molar-refractivity contribution >= 4 is 22.6 Å². The standard InChI is InChI=1S/C18H14F5N3O3S/c1-17(19,20)9-13-24-16(30-25-13)26(18(21,22)23)15(27)12-6-7-29-14(12)10-4-3-5-11(8-10)28-2/h3-8H,9H2,1-2H3. The van der Waals surface area contributed by atoms with E-state index < -0.39 is 46.0 Å². The van der Waals surface area contributed by atoms with Crippen LogP contribution in [0.5, 0.6) is 5.75 Å². The molecule has 0 aliphatic rings. The molecule has 0 spiro atoms. The lowest BCUT2D eigenvalue weighted by Gasteiger charge is -2.21. The van der Waals surface area contributed by atoms with Crippen molar-refractivity contribution in [2.75, 3.05) is 12.0 Å². The molecular weight excluding hydrogens is 433 g/mol. The summed E-state index contributed by atoms with van der Waals surface area (Å²) in [5.41, 5.74) is -0.0773. The number of benzene rings is 1. The van der Waals surface area contributed by atoms with Gasteiger partial charge in [-0.15, -0.1) is 13.2 Å². The number of methoxy groups -OCH3 is 1. The summed E-state index contributed by atoms with van der Waals surface area (Å²) in [6.45, 7) is 0.590. The molecule has 0 atom stereocenters. The number of halogens is 5. The van der Waals surface area contributed by atoms with Crippen LogP contribution < -0.4 is 9.64 Å². The van der Waals surface area contributed by atoms with E-state index in [1.54, 1.807) is 12.1 Å². The van der Waals surface area contributed by atoms with Crippen LogP contribution in [0, 0.1) is 0 Å². The third-order valence-electron chi connectivity index (χ3n) is 3.80. The molecule has 0 unspecified atom stereocenters. The number of anilines is 1. The molecule has 0 aliphatic heterocycles. The van der Waals surface area contributed by atoms with Crippen molar-refractivity contribution in [2.24, 2.45) is 0 Å². The smallest absolute Gasteiger partial charge is 0.493 e. The van der Waals surface area contributed by atoms with Gasteiger partial charge in [-0.2, -0.15) is 9.27 Å². The van der Waals surface area contributed by atoms with Crippen LogP contribution in [0.4, 0.5) is 27.1 Å². The van der Waals surface area contributed by atoms with Crippen LogP contribution in [0.1, 0.15) is 23.1 Å². The Morgan fingerprint density at radius 3 is 2.60 bits per heavy atom. The minimum atomic E-state index is -5.18. The Morgan fingerprint density at radius 2 is 1.97 bits per heavy atom. The van der Waals surface area contributed by atoms with E-state index in [9.17, 15) is 26.7 Å². The second-order valence-electron chi connectivity index (χ2n) is 6.24. The molecule has 30 heavy (non-hydrogen) atoms. The first kappa shape index (κ1) is 21.7. The van der Waals surface area contributed by atoms with E-state index in [2.05, 4.69) is 9.36 Å². The van der Waals surface area contributed by atoms with Gasteiger partial charge in [-0.25, -0.2) is 13.8 Å². The van der Waals surface area contributed by atoms with Gasteiger partial charge in [-0.05, 0) is 25.1 Å². The number of hydrogen-bond donors (Lipinski definition) is 0. The summed E-state index contributed by atoms with van der Waals surface area (Å²) in [5, 5.41) is -0.871. The van der Waals surface area contributed by atoms with E-state index in [1.807, 2.05) is 0 Å². The average Bonchev–Trinajstić information content (AvgIpc) is 3.29. The van der Waals surface area contributed by atoms with Crippen LogP contribution in [-0.2, 0) is 6.42 Å². The molecule has 0 fully saturated rings. The number of nitrogens with zero attached hydrogens (tertiary/aromatic N) is 3. The van der Waals surface area contributed by atoms with Gasteiger partial charge < -0.3 is 9.15 Å². The molecule has 1 aromatic carbocycles. The predicted octanol–water partition coefficient (Wildman–Crippen LogP) is 5.17. The molecule has 3 aromatic rings. The Morgan fingerprint density at radius 1 is 1.23 bits per heavy atom. The first-order valence-electron chi connectivity index (χ1n) is 8.33. The molecule has 0 aliphatic carbocycles. The number of rotatable bonds is 6. The fourth-order valence-electron chi connectivity index (χ4n) is 2.58. The third kappa shape index (κ3) is 4.75. The van der Waals surface area contributed by atoms with E-state index in [0.29, 0.717) is 18.2 Å². The number of carbonyl (C=O) groups is 1. The largest absolute Gasteiger partial charge is 0.497 e. The van der Waals surface area contributed by atoms with Crippen molar-refractivity contribution in [3.05, 3.63) is 48.0 Å². The van der Waals surface area contributed by atoms with Crippen molar-refractivity contribution in [3.63, 3.8) is 0 Å². The maximum atomic E-state index is 13.7. The zero-order valence-electron chi connectivity index (χ0n) is 15.5. The highest BCUT2D eigenvalue weighted by Crippen LogP contribution is 2.35. The Labute approximate surface area is 171 Å². The topological polar surface area (TPSA) is 68.5 Å². The summed E-state index contributed by atoms with van der Waals surface area (Å²) < 4.78 is 81.2. The molecule has 160 valence electrons. The molecule has 0 saturated carbocycles. The number of furan rings is 1. The lowest BCUT2D eigenvalue weighted by molar-refractivity contribution is -0.122. The van der Waals surface area contributed by atoms with Gasteiger partial charge in [0.15, 0.2) is 5.82 Å². The van der Waals surface area contributed by atoms with Gasteiger partial charge in [0.05, 0.1) is 25.4 Å². The molecule has 1 amide bonds. The molecular formula is C18H14F5N3O3S. The van der Waals surface area contributed by atoms with Crippen LogP contribution >= 0.6 is 11.5 Å². The van der Waals surface area contributed by atoms with Gasteiger partial charge >= 0.3 is 6.30 Å². The Bertz CT molecular complexity index is 1040. The highest BCUT2D eigenvalue weighted by Gasteiger charge is 2.46. The summed E-state index contributed by atoms with van der Waals surface area (Å²) in [6.07, 6.45) is -5.06. The second kappa shape index (κ2) is 8.01. The number of hydrogen-bond acceptors (Lipinski definition) is 6. The summed E-state index contributed by atoms with van der Waals surface area (Å²) in [4.78, 5) is 15.7. The van der Waals surface area contributed by atoms with E-state index in [-0.39, 0.29) is 17.3 Å². The zero-order chi connectivity index (χ0) is 22.1. The maximum Gasteiger partial charge on any atom is 0.493 e. The van der Waals surface area contributed by atoms with Gasteiger partial charge in [0.2, 0.25) is 5.13 Å². The highest BCUT2D eigenvalue weighted by molar-refractivity contribution is 7.10. The minimum Gasteiger partial charge on any atom is -0.497 e. The first-order chi connectivity index (χ1) is 14.0. The molecule has 3 rings (SSSR count). The van der Waals surface area contributed by atoms with Gasteiger partial charge in [0.1, 0.15) is 11.5 Å². The third-order valence-corrected chi connectivity index (χ3v) is 4.54. The molecule has 0 radical (unpaired) electrons.